The summed E-state index contributed by atoms with van der Waals surface area (Å²) in [4.78, 5) is 14.2. The first-order valence-corrected chi connectivity index (χ1v) is 8.80. The van der Waals surface area contributed by atoms with E-state index in [2.05, 4.69) is 10.0 Å². The molecule has 0 aliphatic heterocycles. The summed E-state index contributed by atoms with van der Waals surface area (Å²) in [6.45, 7) is 0. The average Bonchev–Trinajstić information content (AvgIpc) is 2.46. The number of nitrogens with zero attached hydrogens (tertiary/aromatic N) is 1. The first kappa shape index (κ1) is 16.8. The van der Waals surface area contributed by atoms with Crippen LogP contribution in [0.1, 0.15) is 10.4 Å². The lowest BCUT2D eigenvalue weighted by atomic mass is 10.2. The smallest absolute Gasteiger partial charge is 0.255 e. The second-order valence-corrected chi connectivity index (χ2v) is 7.10. The Labute approximate surface area is 136 Å². The largest absolute Gasteiger partial charge is 0.378 e. The number of carbonyl (C=O) groups is 1. The summed E-state index contributed by atoms with van der Waals surface area (Å²) in [5, 5.41) is 2.75. The molecule has 0 radical (unpaired) electrons. The van der Waals surface area contributed by atoms with E-state index in [1.807, 2.05) is 31.1 Å². The van der Waals surface area contributed by atoms with E-state index in [9.17, 15) is 13.2 Å². The number of hydrogen-bond donors (Lipinski definition) is 2. The Bertz CT molecular complexity index is 800. The van der Waals surface area contributed by atoms with Crippen molar-refractivity contribution in [1.29, 1.82) is 0 Å². The van der Waals surface area contributed by atoms with Gasteiger partial charge in [0.05, 0.1) is 11.9 Å². The highest BCUT2D eigenvalue weighted by molar-refractivity contribution is 7.92. The first-order chi connectivity index (χ1) is 10.7. The van der Waals surface area contributed by atoms with Gasteiger partial charge in [0.1, 0.15) is 0 Å². The number of hydrogen-bond acceptors (Lipinski definition) is 4. The zero-order chi connectivity index (χ0) is 17.0. The quantitative estimate of drug-likeness (QED) is 0.880. The molecular weight excluding hydrogens is 314 g/mol. The van der Waals surface area contributed by atoms with Gasteiger partial charge in [0.15, 0.2) is 0 Å². The van der Waals surface area contributed by atoms with Crippen LogP contribution < -0.4 is 14.9 Å². The van der Waals surface area contributed by atoms with E-state index in [-0.39, 0.29) is 5.91 Å². The van der Waals surface area contributed by atoms with Crippen LogP contribution in [0.3, 0.4) is 0 Å². The third-order valence-electron chi connectivity index (χ3n) is 3.07. The predicted octanol–water partition coefficient (Wildman–Crippen LogP) is 2.38. The van der Waals surface area contributed by atoms with Gasteiger partial charge in [0.2, 0.25) is 10.0 Å². The molecule has 0 bridgehead atoms. The molecule has 2 N–H and O–H groups in total. The van der Waals surface area contributed by atoms with Crippen molar-refractivity contribution in [3.63, 3.8) is 0 Å². The maximum absolute atomic E-state index is 12.2. The summed E-state index contributed by atoms with van der Waals surface area (Å²) in [7, 11) is 0.497. The summed E-state index contributed by atoms with van der Waals surface area (Å²) in [5.74, 6) is -0.258. The van der Waals surface area contributed by atoms with Crippen LogP contribution in [-0.4, -0.2) is 34.7 Å². The molecule has 122 valence electrons. The second kappa shape index (κ2) is 6.70. The average molecular weight is 333 g/mol. The Morgan fingerprint density at radius 2 is 1.61 bits per heavy atom. The molecule has 7 heteroatoms. The van der Waals surface area contributed by atoms with Crippen LogP contribution in [0.25, 0.3) is 0 Å². The summed E-state index contributed by atoms with van der Waals surface area (Å²) >= 11 is 0. The molecule has 0 spiro atoms. The molecule has 2 rings (SSSR count). The van der Waals surface area contributed by atoms with Crippen LogP contribution in [0.2, 0.25) is 0 Å². The van der Waals surface area contributed by atoms with Crippen molar-refractivity contribution < 1.29 is 13.2 Å². The van der Waals surface area contributed by atoms with Gasteiger partial charge in [0.25, 0.3) is 5.91 Å². The summed E-state index contributed by atoms with van der Waals surface area (Å²) in [6.07, 6.45) is 1.07. The highest BCUT2D eigenvalue weighted by Gasteiger charge is 2.08. The van der Waals surface area contributed by atoms with Crippen LogP contribution in [0.4, 0.5) is 17.1 Å². The van der Waals surface area contributed by atoms with Gasteiger partial charge in [-0.05, 0) is 42.5 Å². The van der Waals surface area contributed by atoms with Gasteiger partial charge >= 0.3 is 0 Å². The van der Waals surface area contributed by atoms with E-state index in [1.165, 1.54) is 0 Å². The molecular formula is C16H19N3O3S. The Morgan fingerprint density at radius 3 is 2.17 bits per heavy atom. The molecule has 0 aliphatic rings. The van der Waals surface area contributed by atoms with Crippen molar-refractivity contribution in [3.8, 4) is 0 Å². The minimum atomic E-state index is -3.35. The predicted molar refractivity (Wildman–Crippen MR) is 93.6 cm³/mol. The lowest BCUT2D eigenvalue weighted by molar-refractivity contribution is 0.102. The lowest BCUT2D eigenvalue weighted by Crippen LogP contribution is -2.14. The third-order valence-corrected chi connectivity index (χ3v) is 3.68. The van der Waals surface area contributed by atoms with E-state index in [0.29, 0.717) is 16.9 Å². The molecule has 0 saturated carbocycles. The number of carbonyl (C=O) groups excluding carboxylic acids is 1. The molecule has 0 unspecified atom stereocenters. The molecule has 1 amide bonds. The van der Waals surface area contributed by atoms with Gasteiger partial charge in [0, 0.05) is 31.0 Å². The highest BCUT2D eigenvalue weighted by Crippen LogP contribution is 2.18. The van der Waals surface area contributed by atoms with Crippen LogP contribution >= 0.6 is 0 Å². The van der Waals surface area contributed by atoms with Crippen molar-refractivity contribution >= 4 is 33.0 Å². The van der Waals surface area contributed by atoms with E-state index in [1.54, 1.807) is 36.4 Å². The summed E-state index contributed by atoms with van der Waals surface area (Å²) in [5.41, 5.74) is 2.44. The Balaban J connectivity index is 2.12. The van der Waals surface area contributed by atoms with Gasteiger partial charge in [-0.2, -0.15) is 0 Å². The zero-order valence-electron chi connectivity index (χ0n) is 13.2. The first-order valence-electron chi connectivity index (χ1n) is 6.91. The molecule has 2 aromatic rings. The maximum Gasteiger partial charge on any atom is 0.255 e. The number of nitrogens with one attached hydrogen (secondary N) is 2. The Morgan fingerprint density at radius 1 is 1.00 bits per heavy atom. The zero-order valence-corrected chi connectivity index (χ0v) is 14.0. The SMILES string of the molecule is CN(C)c1ccc(C(=O)Nc2cccc(NS(C)(=O)=O)c2)cc1. The topological polar surface area (TPSA) is 78.5 Å². The number of benzene rings is 2. The van der Waals surface area contributed by atoms with E-state index in [0.717, 1.165) is 11.9 Å². The van der Waals surface area contributed by atoms with Gasteiger partial charge in [-0.25, -0.2) is 8.42 Å². The molecule has 0 heterocycles. The molecule has 23 heavy (non-hydrogen) atoms. The normalized spacial score (nSPS) is 10.9. The van der Waals surface area contributed by atoms with E-state index >= 15 is 0 Å². The van der Waals surface area contributed by atoms with Crippen LogP contribution in [0.15, 0.2) is 48.5 Å². The molecule has 0 fully saturated rings. The molecule has 0 aromatic heterocycles. The minimum absolute atomic E-state index is 0.258. The lowest BCUT2D eigenvalue weighted by Gasteiger charge is -2.13. The van der Waals surface area contributed by atoms with Crippen molar-refractivity contribution in [2.75, 3.05) is 35.3 Å². The van der Waals surface area contributed by atoms with Crippen molar-refractivity contribution in [1.82, 2.24) is 0 Å². The number of sulfonamides is 1. The third kappa shape index (κ3) is 5.00. The fourth-order valence-corrected chi connectivity index (χ4v) is 2.54. The maximum atomic E-state index is 12.2. The fraction of sp³-hybridized carbons (Fsp3) is 0.188. The van der Waals surface area contributed by atoms with Gasteiger partial charge in [-0.1, -0.05) is 6.07 Å². The standard InChI is InChI=1S/C16H19N3O3S/c1-19(2)15-9-7-12(8-10-15)16(20)17-13-5-4-6-14(11-13)18-23(3,21)22/h4-11,18H,1-3H3,(H,17,20). The monoisotopic (exact) mass is 333 g/mol. The molecule has 0 atom stereocenters. The highest BCUT2D eigenvalue weighted by atomic mass is 32.2. The number of anilines is 3. The van der Waals surface area contributed by atoms with Gasteiger partial charge in [-0.15, -0.1) is 0 Å². The van der Waals surface area contributed by atoms with E-state index < -0.39 is 10.0 Å². The summed E-state index contributed by atoms with van der Waals surface area (Å²) < 4.78 is 24.9. The molecule has 6 nitrogen and oxygen atoms in total. The van der Waals surface area contributed by atoms with Gasteiger partial charge < -0.3 is 10.2 Å². The van der Waals surface area contributed by atoms with Crippen molar-refractivity contribution in [3.05, 3.63) is 54.1 Å². The van der Waals surface area contributed by atoms with Gasteiger partial charge in [-0.3, -0.25) is 9.52 Å². The summed E-state index contributed by atoms with van der Waals surface area (Å²) in [6, 6.07) is 13.7. The Hall–Kier alpha value is -2.54. The second-order valence-electron chi connectivity index (χ2n) is 5.35. The number of amides is 1. The van der Waals surface area contributed by atoms with Crippen molar-refractivity contribution in [2.24, 2.45) is 0 Å². The minimum Gasteiger partial charge on any atom is -0.378 e. The molecule has 0 saturated heterocycles. The Kier molecular flexibility index (Phi) is 4.90. The number of rotatable bonds is 5. The van der Waals surface area contributed by atoms with Crippen molar-refractivity contribution in [2.45, 2.75) is 0 Å². The van der Waals surface area contributed by atoms with Crippen LogP contribution in [0, 0.1) is 0 Å². The molecule has 2 aromatic carbocycles. The van der Waals surface area contributed by atoms with E-state index in [4.69, 9.17) is 0 Å². The molecule has 0 aliphatic carbocycles. The fourth-order valence-electron chi connectivity index (χ4n) is 1.99. The van der Waals surface area contributed by atoms with Crippen LogP contribution in [0.5, 0.6) is 0 Å². The van der Waals surface area contributed by atoms with Crippen LogP contribution in [-0.2, 0) is 10.0 Å².